The third-order valence-electron chi connectivity index (χ3n) is 2.39. The molecule has 0 aliphatic carbocycles. The number of anilines is 1. The molecule has 0 saturated heterocycles. The molecule has 2 aromatic rings. The van der Waals surface area contributed by atoms with Crippen molar-refractivity contribution < 1.29 is 9.66 Å². The fraction of sp³-hybridized carbons (Fsp3) is 0.333. The number of thioether (sulfide) groups is 1. The van der Waals surface area contributed by atoms with E-state index in [1.807, 2.05) is 13.8 Å². The number of rotatable bonds is 6. The molecule has 0 radical (unpaired) electrons. The minimum Gasteiger partial charge on any atom is -0.491 e. The monoisotopic (exact) mass is 326 g/mol. The lowest BCUT2D eigenvalue weighted by atomic mass is 10.2. The van der Waals surface area contributed by atoms with Crippen LogP contribution in [0.3, 0.4) is 0 Å². The molecular weight excluding hydrogens is 312 g/mol. The summed E-state index contributed by atoms with van der Waals surface area (Å²) < 4.78 is 6.40. The van der Waals surface area contributed by atoms with Gasteiger partial charge in [0.25, 0.3) is 5.69 Å². The van der Waals surface area contributed by atoms with Crippen molar-refractivity contribution in [2.45, 2.75) is 30.0 Å². The Balaban J connectivity index is 2.20. The van der Waals surface area contributed by atoms with E-state index in [9.17, 15) is 10.1 Å². The van der Waals surface area contributed by atoms with E-state index in [0.717, 1.165) is 9.90 Å². The highest BCUT2D eigenvalue weighted by molar-refractivity contribution is 8.00. The molecule has 0 atom stereocenters. The number of hydrogen-bond acceptors (Lipinski definition) is 8. The number of benzene rings is 1. The maximum absolute atomic E-state index is 10.9. The Morgan fingerprint density at radius 1 is 1.48 bits per heavy atom. The van der Waals surface area contributed by atoms with Crippen molar-refractivity contribution in [2.75, 3.05) is 5.73 Å². The Bertz CT molecular complexity index is 645. The van der Waals surface area contributed by atoms with Crippen LogP contribution in [-0.4, -0.2) is 21.2 Å². The molecule has 0 fully saturated rings. The van der Waals surface area contributed by atoms with Crippen molar-refractivity contribution in [1.82, 2.24) is 10.2 Å². The predicted molar refractivity (Wildman–Crippen MR) is 82.7 cm³/mol. The van der Waals surface area contributed by atoms with Crippen LogP contribution in [0, 0.1) is 10.1 Å². The topological polar surface area (TPSA) is 104 Å². The third kappa shape index (κ3) is 4.30. The summed E-state index contributed by atoms with van der Waals surface area (Å²) in [5.74, 6) is 1.14. The van der Waals surface area contributed by atoms with Gasteiger partial charge >= 0.3 is 0 Å². The van der Waals surface area contributed by atoms with Gasteiger partial charge in [-0.15, -0.1) is 10.2 Å². The van der Waals surface area contributed by atoms with Gasteiger partial charge in [-0.3, -0.25) is 10.1 Å². The van der Waals surface area contributed by atoms with Crippen LogP contribution in [0.4, 0.5) is 10.8 Å². The zero-order valence-corrected chi connectivity index (χ0v) is 13.1. The fourth-order valence-electron chi connectivity index (χ4n) is 1.58. The normalized spacial score (nSPS) is 10.8. The maximum atomic E-state index is 10.9. The van der Waals surface area contributed by atoms with Crippen LogP contribution in [0.15, 0.2) is 22.5 Å². The van der Waals surface area contributed by atoms with Gasteiger partial charge in [0, 0.05) is 23.4 Å². The van der Waals surface area contributed by atoms with Gasteiger partial charge in [0.15, 0.2) is 4.34 Å². The molecule has 0 aliphatic rings. The Hall–Kier alpha value is -1.87. The Morgan fingerprint density at radius 2 is 2.24 bits per heavy atom. The molecule has 1 aromatic carbocycles. The third-order valence-corrected chi connectivity index (χ3v) is 4.33. The number of nitrogen functional groups attached to an aromatic ring is 1. The molecular formula is C12H14N4O3S2. The Kier molecular flexibility index (Phi) is 4.97. The summed E-state index contributed by atoms with van der Waals surface area (Å²) in [5, 5.41) is 18.9. The average molecular weight is 326 g/mol. The van der Waals surface area contributed by atoms with E-state index in [2.05, 4.69) is 10.2 Å². The molecule has 0 bridgehead atoms. The van der Waals surface area contributed by atoms with E-state index < -0.39 is 4.92 Å². The number of hydrogen-bond donors (Lipinski definition) is 1. The van der Waals surface area contributed by atoms with Crippen molar-refractivity contribution in [2.24, 2.45) is 0 Å². The molecule has 2 rings (SSSR count). The zero-order valence-electron chi connectivity index (χ0n) is 11.5. The largest absolute Gasteiger partial charge is 0.491 e. The van der Waals surface area contributed by atoms with Gasteiger partial charge in [0.05, 0.1) is 11.0 Å². The summed E-state index contributed by atoms with van der Waals surface area (Å²) in [6.07, 6.45) is -0.00706. The average Bonchev–Trinajstić information content (AvgIpc) is 2.82. The van der Waals surface area contributed by atoms with E-state index >= 15 is 0 Å². The molecule has 0 spiro atoms. The number of aromatic nitrogens is 2. The maximum Gasteiger partial charge on any atom is 0.270 e. The van der Waals surface area contributed by atoms with E-state index in [4.69, 9.17) is 10.5 Å². The van der Waals surface area contributed by atoms with Crippen molar-refractivity contribution in [1.29, 1.82) is 0 Å². The fourth-order valence-corrected chi connectivity index (χ4v) is 3.19. The van der Waals surface area contributed by atoms with Gasteiger partial charge in [-0.25, -0.2) is 0 Å². The molecule has 0 aliphatic heterocycles. The van der Waals surface area contributed by atoms with E-state index in [1.165, 1.54) is 35.2 Å². The minimum atomic E-state index is -0.420. The van der Waals surface area contributed by atoms with Crippen LogP contribution in [0.25, 0.3) is 0 Å². The first kappa shape index (κ1) is 15.5. The molecule has 21 heavy (non-hydrogen) atoms. The number of non-ortho nitro benzene ring substituents is 1. The molecule has 7 nitrogen and oxygen atoms in total. The minimum absolute atomic E-state index is 0.00706. The molecule has 1 heterocycles. The quantitative estimate of drug-likeness (QED) is 0.494. The highest BCUT2D eigenvalue weighted by Crippen LogP contribution is 2.32. The number of nitro groups is 1. The first-order valence-electron chi connectivity index (χ1n) is 6.11. The highest BCUT2D eigenvalue weighted by atomic mass is 32.2. The van der Waals surface area contributed by atoms with Crippen molar-refractivity contribution >= 4 is 33.9 Å². The number of nitrogens with zero attached hydrogens (tertiary/aromatic N) is 3. The van der Waals surface area contributed by atoms with Crippen LogP contribution in [0.2, 0.25) is 0 Å². The summed E-state index contributed by atoms with van der Waals surface area (Å²) in [6.45, 7) is 3.81. The van der Waals surface area contributed by atoms with Crippen LogP contribution >= 0.6 is 23.1 Å². The smallest absolute Gasteiger partial charge is 0.270 e. The standard InChI is InChI=1S/C12H14N4O3S2/c1-7(2)19-10-4-3-9(16(17)18)5-8(10)6-20-12-15-14-11(13)21-12/h3-5,7H,6H2,1-2H3,(H2,13,14). The molecule has 1 aromatic heterocycles. The predicted octanol–water partition coefficient (Wildman–Crippen LogP) is 3.11. The van der Waals surface area contributed by atoms with Crippen molar-refractivity contribution in [3.05, 3.63) is 33.9 Å². The molecule has 9 heteroatoms. The second-order valence-electron chi connectivity index (χ2n) is 4.41. The lowest BCUT2D eigenvalue weighted by molar-refractivity contribution is -0.384. The van der Waals surface area contributed by atoms with Gasteiger partial charge in [-0.05, 0) is 19.9 Å². The summed E-state index contributed by atoms with van der Waals surface area (Å²) in [5.41, 5.74) is 6.31. The second-order valence-corrected chi connectivity index (χ2v) is 6.64. The van der Waals surface area contributed by atoms with Gasteiger partial charge in [0.1, 0.15) is 5.75 Å². The summed E-state index contributed by atoms with van der Waals surface area (Å²) in [7, 11) is 0. The lowest BCUT2D eigenvalue weighted by Crippen LogP contribution is -2.07. The van der Waals surface area contributed by atoms with Gasteiger partial charge in [-0.1, -0.05) is 23.1 Å². The van der Waals surface area contributed by atoms with Crippen LogP contribution < -0.4 is 10.5 Å². The second kappa shape index (κ2) is 6.72. The van der Waals surface area contributed by atoms with Crippen LogP contribution in [0.5, 0.6) is 5.75 Å². The molecule has 0 amide bonds. The number of ether oxygens (including phenoxy) is 1. The Morgan fingerprint density at radius 3 is 2.81 bits per heavy atom. The van der Waals surface area contributed by atoms with Gasteiger partial charge in [0.2, 0.25) is 5.13 Å². The van der Waals surface area contributed by atoms with Crippen molar-refractivity contribution in [3.63, 3.8) is 0 Å². The molecule has 0 saturated carbocycles. The van der Waals surface area contributed by atoms with Crippen molar-refractivity contribution in [3.8, 4) is 5.75 Å². The van der Waals surface area contributed by atoms with E-state index in [-0.39, 0.29) is 11.8 Å². The number of nitro benzene ring substituents is 1. The zero-order chi connectivity index (χ0) is 15.4. The van der Waals surface area contributed by atoms with Crippen LogP contribution in [-0.2, 0) is 5.75 Å². The molecule has 2 N–H and O–H groups in total. The van der Waals surface area contributed by atoms with Crippen LogP contribution in [0.1, 0.15) is 19.4 Å². The summed E-state index contributed by atoms with van der Waals surface area (Å²) in [4.78, 5) is 10.5. The molecule has 0 unspecified atom stereocenters. The van der Waals surface area contributed by atoms with E-state index in [0.29, 0.717) is 16.6 Å². The summed E-state index contributed by atoms with van der Waals surface area (Å²) in [6, 6.07) is 4.59. The first-order chi connectivity index (χ1) is 9.95. The number of nitrogens with two attached hydrogens (primary N) is 1. The van der Waals surface area contributed by atoms with Gasteiger partial charge in [-0.2, -0.15) is 0 Å². The summed E-state index contributed by atoms with van der Waals surface area (Å²) >= 11 is 2.70. The van der Waals surface area contributed by atoms with E-state index in [1.54, 1.807) is 6.07 Å². The molecule has 112 valence electrons. The SMILES string of the molecule is CC(C)Oc1ccc([N+](=O)[O-])cc1CSc1nnc(N)s1. The Labute approximate surface area is 129 Å². The first-order valence-corrected chi connectivity index (χ1v) is 7.91. The van der Waals surface area contributed by atoms with Gasteiger partial charge < -0.3 is 10.5 Å². The highest BCUT2D eigenvalue weighted by Gasteiger charge is 2.14. The lowest BCUT2D eigenvalue weighted by Gasteiger charge is -2.13.